The number of aromatic nitrogens is 2. The molecule has 124 valence electrons. The van der Waals surface area contributed by atoms with Gasteiger partial charge in [0, 0.05) is 17.4 Å². The van der Waals surface area contributed by atoms with E-state index in [-0.39, 0.29) is 5.91 Å². The number of nitrogens with one attached hydrogen (secondary N) is 1. The number of ether oxygens (including phenoxy) is 1. The molecule has 0 fully saturated rings. The number of hydrogen-bond donors (Lipinski definition) is 1. The van der Waals surface area contributed by atoms with Crippen molar-refractivity contribution in [1.29, 1.82) is 0 Å². The van der Waals surface area contributed by atoms with Gasteiger partial charge < -0.3 is 14.5 Å². The number of nitrogens with zero attached hydrogens (tertiary/aromatic N) is 2. The van der Waals surface area contributed by atoms with Crippen LogP contribution in [-0.2, 0) is 11.3 Å². The molecule has 0 aliphatic rings. The Morgan fingerprint density at radius 1 is 1.25 bits per heavy atom. The quantitative estimate of drug-likeness (QED) is 0.771. The Balaban J connectivity index is 1.63. The van der Waals surface area contributed by atoms with E-state index in [4.69, 9.17) is 16.3 Å². The van der Waals surface area contributed by atoms with Crippen LogP contribution in [0.15, 0.2) is 54.9 Å². The molecule has 3 rings (SSSR count). The van der Waals surface area contributed by atoms with Gasteiger partial charge in [-0.15, -0.1) is 0 Å². The summed E-state index contributed by atoms with van der Waals surface area (Å²) in [6.07, 6.45) is 3.81. The Kier molecular flexibility index (Phi) is 4.44. The van der Waals surface area contributed by atoms with E-state index in [1.165, 1.54) is 0 Å². The lowest BCUT2D eigenvalue weighted by atomic mass is 10.1. The maximum Gasteiger partial charge on any atom is 0.263 e. The summed E-state index contributed by atoms with van der Waals surface area (Å²) < 4.78 is 7.68. The van der Waals surface area contributed by atoms with Crippen molar-refractivity contribution in [2.75, 3.05) is 0 Å². The lowest BCUT2D eigenvalue weighted by Crippen LogP contribution is -2.46. The third-order valence-electron chi connectivity index (χ3n) is 3.58. The van der Waals surface area contributed by atoms with Crippen molar-refractivity contribution in [3.8, 4) is 5.75 Å². The third kappa shape index (κ3) is 3.68. The smallest absolute Gasteiger partial charge is 0.263 e. The van der Waals surface area contributed by atoms with Gasteiger partial charge in [0.2, 0.25) is 0 Å². The van der Waals surface area contributed by atoms with Gasteiger partial charge in [0.25, 0.3) is 5.91 Å². The maximum absolute atomic E-state index is 12.4. The Morgan fingerprint density at radius 2 is 2.00 bits per heavy atom. The second-order valence-electron chi connectivity index (χ2n) is 5.95. The second kappa shape index (κ2) is 6.53. The van der Waals surface area contributed by atoms with E-state index in [0.717, 1.165) is 11.3 Å². The van der Waals surface area contributed by atoms with E-state index in [1.807, 2.05) is 35.0 Å². The van der Waals surface area contributed by atoms with Gasteiger partial charge in [-0.05, 0) is 50.2 Å². The van der Waals surface area contributed by atoms with Crippen LogP contribution in [0.25, 0.3) is 5.65 Å². The minimum absolute atomic E-state index is 0.213. The van der Waals surface area contributed by atoms with E-state index in [2.05, 4.69) is 10.3 Å². The first-order chi connectivity index (χ1) is 11.4. The van der Waals surface area contributed by atoms with Crippen molar-refractivity contribution >= 4 is 23.2 Å². The number of hydrogen-bond acceptors (Lipinski definition) is 3. The summed E-state index contributed by atoms with van der Waals surface area (Å²) in [6, 6.07) is 12.7. The number of imidazole rings is 1. The summed E-state index contributed by atoms with van der Waals surface area (Å²) in [4.78, 5) is 16.9. The molecule has 0 radical (unpaired) electrons. The molecular formula is C18H18ClN3O2. The minimum Gasteiger partial charge on any atom is -0.478 e. The number of halogens is 1. The highest BCUT2D eigenvalue weighted by atomic mass is 35.5. The van der Waals surface area contributed by atoms with Crippen LogP contribution >= 0.6 is 11.6 Å². The van der Waals surface area contributed by atoms with Crippen molar-refractivity contribution in [2.24, 2.45) is 0 Å². The van der Waals surface area contributed by atoms with E-state index >= 15 is 0 Å². The first kappa shape index (κ1) is 16.3. The molecule has 24 heavy (non-hydrogen) atoms. The molecule has 1 N–H and O–H groups in total. The number of rotatable bonds is 5. The molecule has 1 aromatic carbocycles. The fraction of sp³-hybridized carbons (Fsp3) is 0.222. The van der Waals surface area contributed by atoms with Crippen LogP contribution in [0.4, 0.5) is 0 Å². The molecule has 2 heterocycles. The first-order valence-electron chi connectivity index (χ1n) is 7.59. The van der Waals surface area contributed by atoms with E-state index in [0.29, 0.717) is 17.3 Å². The van der Waals surface area contributed by atoms with Crippen LogP contribution in [0, 0.1) is 0 Å². The Bertz CT molecular complexity index is 823. The highest BCUT2D eigenvalue weighted by Gasteiger charge is 2.29. The number of carbonyl (C=O) groups excluding carboxylic acids is 1. The van der Waals surface area contributed by atoms with Crippen LogP contribution in [0.3, 0.4) is 0 Å². The first-order valence-corrected chi connectivity index (χ1v) is 7.97. The van der Waals surface area contributed by atoms with Crippen molar-refractivity contribution in [1.82, 2.24) is 14.7 Å². The minimum atomic E-state index is -1.01. The molecule has 0 unspecified atom stereocenters. The zero-order valence-electron chi connectivity index (χ0n) is 13.5. The van der Waals surface area contributed by atoms with Gasteiger partial charge in [-0.2, -0.15) is 0 Å². The largest absolute Gasteiger partial charge is 0.478 e. The molecule has 0 aliphatic heterocycles. The standard InChI is InChI=1S/C18H18ClN3O2/c1-18(2,24-15-8-6-13(19)7-9-15)17(23)20-11-14-12-22-10-4-3-5-16(22)21-14/h3-10,12H,11H2,1-2H3,(H,20,23). The van der Waals surface area contributed by atoms with Crippen molar-refractivity contribution in [3.63, 3.8) is 0 Å². The molecular weight excluding hydrogens is 326 g/mol. The average molecular weight is 344 g/mol. The van der Waals surface area contributed by atoms with Crippen LogP contribution in [0.5, 0.6) is 5.75 Å². The molecule has 5 nitrogen and oxygen atoms in total. The molecule has 0 saturated carbocycles. The summed E-state index contributed by atoms with van der Waals surface area (Å²) >= 11 is 5.85. The lowest BCUT2D eigenvalue weighted by molar-refractivity contribution is -0.134. The normalized spacial score (nSPS) is 11.5. The monoisotopic (exact) mass is 343 g/mol. The molecule has 0 spiro atoms. The lowest BCUT2D eigenvalue weighted by Gasteiger charge is -2.25. The predicted octanol–water partition coefficient (Wildman–Crippen LogP) is 3.46. The van der Waals surface area contributed by atoms with E-state index in [1.54, 1.807) is 38.1 Å². The summed E-state index contributed by atoms with van der Waals surface area (Å²) in [5.74, 6) is 0.377. The molecule has 0 saturated heterocycles. The zero-order valence-corrected chi connectivity index (χ0v) is 14.2. The topological polar surface area (TPSA) is 55.6 Å². The average Bonchev–Trinajstić information content (AvgIpc) is 2.97. The van der Waals surface area contributed by atoms with Crippen molar-refractivity contribution in [2.45, 2.75) is 26.0 Å². The van der Waals surface area contributed by atoms with E-state index < -0.39 is 5.60 Å². The van der Waals surface area contributed by atoms with Gasteiger partial charge in [-0.25, -0.2) is 4.98 Å². The number of amides is 1. The summed E-state index contributed by atoms with van der Waals surface area (Å²) in [7, 11) is 0. The molecule has 6 heteroatoms. The third-order valence-corrected chi connectivity index (χ3v) is 3.83. The molecule has 0 atom stereocenters. The van der Waals surface area contributed by atoms with Gasteiger partial charge in [-0.1, -0.05) is 17.7 Å². The summed E-state index contributed by atoms with van der Waals surface area (Å²) in [5, 5.41) is 3.49. The fourth-order valence-electron chi connectivity index (χ4n) is 2.30. The highest BCUT2D eigenvalue weighted by Crippen LogP contribution is 2.21. The summed E-state index contributed by atoms with van der Waals surface area (Å²) in [6.45, 7) is 3.79. The van der Waals surface area contributed by atoms with E-state index in [9.17, 15) is 4.79 Å². The Hall–Kier alpha value is -2.53. The SMILES string of the molecule is CC(C)(Oc1ccc(Cl)cc1)C(=O)NCc1cn2ccccc2n1. The Labute approximate surface area is 145 Å². The van der Waals surface area contributed by atoms with Crippen molar-refractivity contribution < 1.29 is 9.53 Å². The van der Waals surface area contributed by atoms with Gasteiger partial charge in [0.1, 0.15) is 11.4 Å². The van der Waals surface area contributed by atoms with Crippen LogP contribution < -0.4 is 10.1 Å². The Morgan fingerprint density at radius 3 is 2.71 bits per heavy atom. The van der Waals surface area contributed by atoms with Crippen LogP contribution in [-0.4, -0.2) is 20.9 Å². The van der Waals surface area contributed by atoms with Crippen molar-refractivity contribution in [3.05, 3.63) is 65.6 Å². The molecule has 1 amide bonds. The number of benzene rings is 1. The predicted molar refractivity (Wildman–Crippen MR) is 93.2 cm³/mol. The number of carbonyl (C=O) groups is 1. The maximum atomic E-state index is 12.4. The molecule has 2 aromatic heterocycles. The second-order valence-corrected chi connectivity index (χ2v) is 6.38. The van der Waals surface area contributed by atoms with Gasteiger partial charge in [0.05, 0.1) is 12.2 Å². The highest BCUT2D eigenvalue weighted by molar-refractivity contribution is 6.30. The molecule has 3 aromatic rings. The molecule has 0 bridgehead atoms. The van der Waals surface area contributed by atoms with Gasteiger partial charge >= 0.3 is 0 Å². The van der Waals surface area contributed by atoms with Crippen LogP contribution in [0.1, 0.15) is 19.5 Å². The summed E-state index contributed by atoms with van der Waals surface area (Å²) in [5.41, 5.74) is 0.628. The molecule has 0 aliphatic carbocycles. The number of pyridine rings is 1. The fourth-order valence-corrected chi connectivity index (χ4v) is 2.43. The number of fused-ring (bicyclic) bond motifs is 1. The van der Waals surface area contributed by atoms with Crippen LogP contribution in [0.2, 0.25) is 5.02 Å². The zero-order chi connectivity index (χ0) is 17.2. The van der Waals surface area contributed by atoms with Gasteiger partial charge in [-0.3, -0.25) is 4.79 Å². The van der Waals surface area contributed by atoms with Gasteiger partial charge in [0.15, 0.2) is 5.60 Å².